The predicted octanol–water partition coefficient (Wildman–Crippen LogP) is 6.71. The highest BCUT2D eigenvalue weighted by atomic mass is 16.5. The number of β-amino-alcohol motifs (C(OH)–C–C–N with tert-alkyl or cyclic N) is 1. The van der Waals surface area contributed by atoms with Crippen molar-refractivity contribution < 1.29 is 24.0 Å². The number of amides is 3. The van der Waals surface area contributed by atoms with Gasteiger partial charge >= 0.3 is 17.8 Å². The van der Waals surface area contributed by atoms with E-state index in [2.05, 4.69) is 51.6 Å². The van der Waals surface area contributed by atoms with Gasteiger partial charge in [-0.15, -0.1) is 0 Å². The molecule has 0 radical (unpaired) electrons. The summed E-state index contributed by atoms with van der Waals surface area (Å²) in [7, 11) is 1.59. The van der Waals surface area contributed by atoms with E-state index in [0.717, 1.165) is 101 Å². The lowest BCUT2D eigenvalue weighted by Crippen LogP contribution is -2.40. The van der Waals surface area contributed by atoms with E-state index in [1.165, 1.54) is 0 Å². The Morgan fingerprint density at radius 3 is 2.50 bits per heavy atom. The van der Waals surface area contributed by atoms with Gasteiger partial charge in [-0.1, -0.05) is 44.1 Å². The maximum atomic E-state index is 12.9. The number of carbonyl (C=O) groups is 3. The highest BCUT2D eigenvalue weighted by Gasteiger charge is 2.39. The zero-order valence-corrected chi connectivity index (χ0v) is 37.4. The molecule has 2 aromatic carbocycles. The number of rotatable bonds is 13. The third-order valence-electron chi connectivity index (χ3n) is 12.6. The van der Waals surface area contributed by atoms with E-state index in [0.29, 0.717) is 36.9 Å². The van der Waals surface area contributed by atoms with Crippen molar-refractivity contribution in [2.45, 2.75) is 77.4 Å². The second-order valence-electron chi connectivity index (χ2n) is 18.2. The van der Waals surface area contributed by atoms with Gasteiger partial charge in [0.15, 0.2) is 5.82 Å². The fourth-order valence-electron chi connectivity index (χ4n) is 8.91. The number of hydrogen-bond acceptors (Lipinski definition) is 12. The Morgan fingerprint density at radius 2 is 1.83 bits per heavy atom. The molecule has 3 amide bonds. The molecule has 2 aliphatic heterocycles. The van der Waals surface area contributed by atoms with Crippen molar-refractivity contribution in [3.63, 3.8) is 0 Å². The number of urea groups is 1. The van der Waals surface area contributed by atoms with Crippen LogP contribution in [-0.2, 0) is 15.8 Å². The number of aromatic nitrogens is 6. The summed E-state index contributed by atoms with van der Waals surface area (Å²) in [5.74, 6) is 0.517. The van der Waals surface area contributed by atoms with Crippen LogP contribution in [0.1, 0.15) is 92.6 Å². The standard InChI is InChI=1S/C48H57N11O5/c1-30-24-33(8-14-37(30)31(2)53-43(61)44-55-45(56-64-44)47(3,4)5)41-38-25-40(54-42(38)52-29-51-41)39-15-9-34(26-50-39)48(63)18-22-57(28-48)27-32-16-20-58(21-17-32)35-10-12-36(13-11-35)59(19-7-23-60)46(62)49-6/h8-15,23-26,29,31-32,63H,7,16-22,27-28H2,1-6H3,(H,49,62)(H,53,61)(H,51,52,54)/t31-,48?/m1/s1. The minimum absolute atomic E-state index is 0.0632. The molecule has 2 fully saturated rings. The lowest BCUT2D eigenvalue weighted by Gasteiger charge is -2.35. The first-order valence-corrected chi connectivity index (χ1v) is 22.0. The van der Waals surface area contributed by atoms with Crippen LogP contribution in [0.5, 0.6) is 0 Å². The van der Waals surface area contributed by atoms with Gasteiger partial charge in [-0.25, -0.2) is 14.8 Å². The summed E-state index contributed by atoms with van der Waals surface area (Å²) in [6, 6.07) is 19.4. The van der Waals surface area contributed by atoms with Crippen molar-refractivity contribution in [3.05, 3.63) is 102 Å². The van der Waals surface area contributed by atoms with Gasteiger partial charge in [0.05, 0.1) is 23.1 Å². The van der Waals surface area contributed by atoms with Crippen molar-refractivity contribution in [2.75, 3.05) is 56.1 Å². The second-order valence-corrected chi connectivity index (χ2v) is 18.2. The van der Waals surface area contributed by atoms with Crippen molar-refractivity contribution in [1.82, 2.24) is 45.6 Å². The van der Waals surface area contributed by atoms with Gasteiger partial charge in [-0.3, -0.25) is 19.6 Å². The average molecular weight is 868 g/mol. The summed E-state index contributed by atoms with van der Waals surface area (Å²) < 4.78 is 5.24. The zero-order valence-electron chi connectivity index (χ0n) is 37.4. The lowest BCUT2D eigenvalue weighted by molar-refractivity contribution is -0.107. The molecule has 0 spiro atoms. The molecule has 2 saturated heterocycles. The molecule has 1 unspecified atom stereocenters. The van der Waals surface area contributed by atoms with Gasteiger partial charge in [0.1, 0.15) is 23.9 Å². The van der Waals surface area contributed by atoms with Gasteiger partial charge in [-0.2, -0.15) is 4.98 Å². The van der Waals surface area contributed by atoms with Crippen molar-refractivity contribution in [3.8, 4) is 22.6 Å². The number of fused-ring (bicyclic) bond motifs is 1. The topological polar surface area (TPSA) is 199 Å². The van der Waals surface area contributed by atoms with Crippen LogP contribution < -0.4 is 20.4 Å². The Bertz CT molecular complexity index is 2610. The molecule has 2 aliphatic rings. The fraction of sp³-hybridized carbons (Fsp3) is 0.417. The number of nitrogens with zero attached hydrogens (tertiary/aromatic N) is 8. The van der Waals surface area contributed by atoms with E-state index in [-0.39, 0.29) is 29.8 Å². The van der Waals surface area contributed by atoms with Crippen molar-refractivity contribution in [2.24, 2.45) is 5.92 Å². The quantitative estimate of drug-likeness (QED) is 0.0897. The van der Waals surface area contributed by atoms with Crippen LogP contribution in [0.25, 0.3) is 33.7 Å². The number of carbonyl (C=O) groups excluding carboxylic acids is 3. The molecule has 64 heavy (non-hydrogen) atoms. The van der Waals surface area contributed by atoms with Crippen LogP contribution in [0, 0.1) is 12.8 Å². The molecule has 2 atom stereocenters. The average Bonchev–Trinajstić information content (AvgIpc) is 4.07. The van der Waals surface area contributed by atoms with E-state index in [1.54, 1.807) is 24.5 Å². The number of piperidine rings is 1. The summed E-state index contributed by atoms with van der Waals surface area (Å²) >= 11 is 0. The number of benzene rings is 2. The van der Waals surface area contributed by atoms with Crippen LogP contribution >= 0.6 is 0 Å². The summed E-state index contributed by atoms with van der Waals surface area (Å²) in [6.07, 6.45) is 7.19. The number of pyridine rings is 1. The van der Waals surface area contributed by atoms with Crippen LogP contribution in [0.15, 0.2) is 77.7 Å². The number of hydrogen-bond donors (Lipinski definition) is 4. The van der Waals surface area contributed by atoms with Gasteiger partial charge in [0, 0.05) is 92.2 Å². The Hall–Kier alpha value is -6.52. The molecule has 16 heteroatoms. The Morgan fingerprint density at radius 1 is 1.05 bits per heavy atom. The van der Waals surface area contributed by atoms with Crippen LogP contribution in [0.3, 0.4) is 0 Å². The highest BCUT2D eigenvalue weighted by Crippen LogP contribution is 2.36. The number of nitrogens with one attached hydrogen (secondary N) is 3. The number of aldehydes is 1. The van der Waals surface area contributed by atoms with E-state index in [9.17, 15) is 19.5 Å². The van der Waals surface area contributed by atoms with Gasteiger partial charge in [0.2, 0.25) is 0 Å². The minimum Gasteiger partial charge on any atom is -0.384 e. The van der Waals surface area contributed by atoms with E-state index in [1.807, 2.05) is 89.2 Å². The van der Waals surface area contributed by atoms with Gasteiger partial charge < -0.3 is 34.9 Å². The molecule has 0 aliphatic carbocycles. The number of aliphatic hydroxyl groups is 1. The smallest absolute Gasteiger partial charge is 0.321 e. The molecule has 0 bridgehead atoms. The first kappa shape index (κ1) is 44.1. The molecule has 4 aromatic heterocycles. The number of aromatic amines is 1. The molecule has 4 N–H and O–H groups in total. The number of H-pyrrole nitrogens is 1. The molecule has 16 nitrogen and oxygen atoms in total. The van der Waals surface area contributed by atoms with E-state index < -0.39 is 11.5 Å². The maximum Gasteiger partial charge on any atom is 0.321 e. The highest BCUT2D eigenvalue weighted by molar-refractivity contribution is 5.94. The second kappa shape index (κ2) is 18.3. The molecule has 8 rings (SSSR count). The van der Waals surface area contributed by atoms with Gasteiger partial charge in [-0.05, 0) is 92.6 Å². The number of likely N-dealkylation sites (tertiary alicyclic amines) is 1. The first-order valence-electron chi connectivity index (χ1n) is 22.0. The van der Waals surface area contributed by atoms with Crippen LogP contribution in [-0.4, -0.2) is 105 Å². The number of anilines is 2. The summed E-state index contributed by atoms with van der Waals surface area (Å²) in [5.41, 5.74) is 7.22. The molecule has 6 heterocycles. The Labute approximate surface area is 372 Å². The molecular weight excluding hydrogens is 811 g/mol. The molecule has 334 valence electrons. The van der Waals surface area contributed by atoms with E-state index in [4.69, 9.17) is 9.51 Å². The minimum atomic E-state index is -0.978. The van der Waals surface area contributed by atoms with Crippen molar-refractivity contribution >= 4 is 40.6 Å². The molecule has 6 aromatic rings. The summed E-state index contributed by atoms with van der Waals surface area (Å²) in [5, 5.41) is 22.3. The maximum absolute atomic E-state index is 12.9. The Balaban J connectivity index is 0.866. The molecular formula is C48H57N11O5. The number of aryl methyl sites for hydroxylation is 1. The summed E-state index contributed by atoms with van der Waals surface area (Å²) in [4.78, 5) is 64.3. The third kappa shape index (κ3) is 9.38. The fourth-order valence-corrected chi connectivity index (χ4v) is 8.91. The third-order valence-corrected chi connectivity index (χ3v) is 12.6. The summed E-state index contributed by atoms with van der Waals surface area (Å²) in [6.45, 7) is 14.3. The predicted molar refractivity (Wildman–Crippen MR) is 245 cm³/mol. The van der Waals surface area contributed by atoms with Crippen LogP contribution in [0.2, 0.25) is 0 Å². The zero-order chi connectivity index (χ0) is 45.2. The molecule has 0 saturated carbocycles. The van der Waals surface area contributed by atoms with Crippen molar-refractivity contribution in [1.29, 1.82) is 0 Å². The van der Waals surface area contributed by atoms with Gasteiger partial charge in [0.25, 0.3) is 0 Å². The largest absolute Gasteiger partial charge is 0.384 e. The normalized spacial score (nSPS) is 17.7. The SMILES string of the molecule is CNC(=O)N(CCC=O)c1ccc(N2CCC(CN3CCC(O)(c4ccc(-c5cc6c(-c7ccc([C@@H](C)NC(=O)c8nc(C(C)(C)C)no8)c(C)c7)ncnc6[nH]5)nc4)C3)CC2)cc1. The first-order chi connectivity index (χ1) is 30.7. The Kier molecular flexibility index (Phi) is 12.6. The monoisotopic (exact) mass is 867 g/mol. The van der Waals surface area contributed by atoms with E-state index >= 15 is 0 Å². The lowest BCUT2D eigenvalue weighted by atomic mass is 9.93. The van der Waals surface area contributed by atoms with Crippen LogP contribution in [0.4, 0.5) is 16.2 Å².